The molecule has 0 aliphatic carbocycles. The lowest BCUT2D eigenvalue weighted by Gasteiger charge is -2.08. The van der Waals surface area contributed by atoms with Gasteiger partial charge in [0.2, 0.25) is 0 Å². The van der Waals surface area contributed by atoms with Gasteiger partial charge in [-0.25, -0.2) is 4.98 Å². The van der Waals surface area contributed by atoms with Crippen molar-refractivity contribution in [2.24, 2.45) is 0 Å². The van der Waals surface area contributed by atoms with Crippen LogP contribution in [0.4, 0.5) is 13.2 Å². The zero-order valence-corrected chi connectivity index (χ0v) is 13.2. The zero-order chi connectivity index (χ0) is 17.2. The molecule has 3 nitrogen and oxygen atoms in total. The fourth-order valence-electron chi connectivity index (χ4n) is 2.23. The van der Waals surface area contributed by atoms with Gasteiger partial charge in [0, 0.05) is 35.5 Å². The number of nitrogens with zero attached hydrogens (tertiary/aromatic N) is 2. The van der Waals surface area contributed by atoms with Crippen LogP contribution in [0.2, 0.25) is 0 Å². The van der Waals surface area contributed by atoms with E-state index < -0.39 is 17.8 Å². The normalized spacial score (nSPS) is 13.0. The molecular weight excluding hydrogens is 337 g/mol. The Kier molecular flexibility index (Phi) is 4.64. The van der Waals surface area contributed by atoms with Crippen molar-refractivity contribution in [2.75, 3.05) is 0 Å². The maximum atomic E-state index is 12.6. The summed E-state index contributed by atoms with van der Waals surface area (Å²) in [6, 6.07) is 8.38. The van der Waals surface area contributed by atoms with E-state index in [0.717, 1.165) is 22.6 Å². The van der Waals surface area contributed by atoms with Gasteiger partial charge in [0.05, 0.1) is 11.7 Å². The lowest BCUT2D eigenvalue weighted by Crippen LogP contribution is -2.03. The number of alkyl halides is 3. The first-order valence-electron chi connectivity index (χ1n) is 7.14. The molecule has 2 heterocycles. The summed E-state index contributed by atoms with van der Waals surface area (Å²) in [7, 11) is 0. The molecule has 3 rings (SSSR count). The number of hydrogen-bond acceptors (Lipinski definition) is 4. The molecule has 1 N–H and O–H groups in total. The molecular formula is C17H13F3N2OS. The monoisotopic (exact) mass is 350 g/mol. The molecule has 0 fully saturated rings. The van der Waals surface area contributed by atoms with E-state index in [1.165, 1.54) is 23.5 Å². The molecule has 1 unspecified atom stereocenters. The van der Waals surface area contributed by atoms with Crippen LogP contribution in [0.25, 0.3) is 10.6 Å². The second-order valence-electron chi connectivity index (χ2n) is 5.21. The van der Waals surface area contributed by atoms with Crippen LogP contribution in [0.3, 0.4) is 0 Å². The highest BCUT2D eigenvalue weighted by atomic mass is 32.1. The second-order valence-corrected chi connectivity index (χ2v) is 6.32. The van der Waals surface area contributed by atoms with Gasteiger partial charge in [-0.15, -0.1) is 11.3 Å². The van der Waals surface area contributed by atoms with Crippen LogP contribution in [0.15, 0.2) is 55.0 Å². The van der Waals surface area contributed by atoms with E-state index in [1.54, 1.807) is 30.7 Å². The van der Waals surface area contributed by atoms with Crippen molar-refractivity contribution in [1.29, 1.82) is 0 Å². The molecule has 3 aromatic rings. The summed E-state index contributed by atoms with van der Waals surface area (Å²) in [4.78, 5) is 9.00. The molecule has 7 heteroatoms. The highest BCUT2D eigenvalue weighted by molar-refractivity contribution is 7.15. The summed E-state index contributed by atoms with van der Waals surface area (Å²) in [6.07, 6.45) is 0.234. The number of thiazole rings is 1. The van der Waals surface area contributed by atoms with Crippen LogP contribution in [0.5, 0.6) is 0 Å². The molecule has 0 saturated carbocycles. The van der Waals surface area contributed by atoms with Crippen LogP contribution in [-0.2, 0) is 12.6 Å². The minimum atomic E-state index is -4.35. The summed E-state index contributed by atoms with van der Waals surface area (Å²) in [5.41, 5.74) is 0.697. The van der Waals surface area contributed by atoms with Crippen LogP contribution >= 0.6 is 11.3 Å². The molecule has 1 atom stereocenters. The van der Waals surface area contributed by atoms with Crippen molar-refractivity contribution in [3.63, 3.8) is 0 Å². The van der Waals surface area contributed by atoms with Gasteiger partial charge in [-0.1, -0.05) is 12.1 Å². The Morgan fingerprint density at radius 3 is 2.33 bits per heavy atom. The minimum absolute atomic E-state index is 0.391. The number of hydrogen-bond donors (Lipinski definition) is 1. The lowest BCUT2D eigenvalue weighted by atomic mass is 10.1. The summed E-state index contributed by atoms with van der Waals surface area (Å²) < 4.78 is 37.8. The van der Waals surface area contributed by atoms with Crippen molar-refractivity contribution in [2.45, 2.75) is 18.7 Å². The molecule has 124 valence electrons. The number of aliphatic hydroxyl groups excluding tert-OH is 1. The molecule has 0 bridgehead atoms. The first-order valence-corrected chi connectivity index (χ1v) is 7.95. The van der Waals surface area contributed by atoms with Crippen molar-refractivity contribution >= 4 is 11.3 Å². The molecule has 24 heavy (non-hydrogen) atoms. The minimum Gasteiger partial charge on any atom is -0.388 e. The Morgan fingerprint density at radius 1 is 1.04 bits per heavy atom. The third-order valence-corrected chi connectivity index (χ3v) is 4.57. The topological polar surface area (TPSA) is 46.0 Å². The summed E-state index contributed by atoms with van der Waals surface area (Å²) in [5, 5.41) is 10.8. The third-order valence-electron chi connectivity index (χ3n) is 3.50. The Morgan fingerprint density at radius 2 is 1.71 bits per heavy atom. The van der Waals surface area contributed by atoms with Gasteiger partial charge in [-0.3, -0.25) is 4.98 Å². The summed E-state index contributed by atoms with van der Waals surface area (Å²) >= 11 is 1.35. The Hall–Kier alpha value is -2.25. The van der Waals surface area contributed by atoms with Gasteiger partial charge >= 0.3 is 6.18 Å². The van der Waals surface area contributed by atoms with E-state index in [9.17, 15) is 18.3 Å². The fraction of sp³-hybridized carbons (Fsp3) is 0.176. The predicted molar refractivity (Wildman–Crippen MR) is 85.5 cm³/mol. The highest BCUT2D eigenvalue weighted by Gasteiger charge is 2.30. The largest absolute Gasteiger partial charge is 0.416 e. The molecule has 1 aromatic carbocycles. The number of pyridine rings is 1. The molecule has 0 aliphatic rings. The first-order chi connectivity index (χ1) is 11.4. The average molecular weight is 350 g/mol. The SMILES string of the molecule is OC(Cc1cnc(-c2ccc(C(F)(F)F)cc2)s1)c1ccncc1. The smallest absolute Gasteiger partial charge is 0.388 e. The third kappa shape index (κ3) is 3.80. The van der Waals surface area contributed by atoms with Crippen molar-refractivity contribution in [3.05, 3.63) is 71.0 Å². The van der Waals surface area contributed by atoms with Gasteiger partial charge in [-0.2, -0.15) is 13.2 Å². The molecule has 0 amide bonds. The molecule has 0 saturated heterocycles. The maximum Gasteiger partial charge on any atom is 0.416 e. The van der Waals surface area contributed by atoms with Gasteiger partial charge in [0.15, 0.2) is 0 Å². The number of aliphatic hydroxyl groups is 1. The van der Waals surface area contributed by atoms with E-state index >= 15 is 0 Å². The number of halogens is 3. The summed E-state index contributed by atoms with van der Waals surface area (Å²) in [6.45, 7) is 0. The van der Waals surface area contributed by atoms with E-state index in [1.807, 2.05) is 0 Å². The standard InChI is InChI=1S/C17H13F3N2OS/c18-17(19,20)13-3-1-12(2-4-13)16-22-10-14(24-16)9-15(23)11-5-7-21-8-6-11/h1-8,10,15,23H,9H2. The number of aromatic nitrogens is 2. The van der Waals surface area contributed by atoms with Crippen LogP contribution < -0.4 is 0 Å². The molecule has 2 aromatic heterocycles. The molecule has 0 radical (unpaired) electrons. The van der Waals surface area contributed by atoms with Crippen LogP contribution in [0, 0.1) is 0 Å². The second kappa shape index (κ2) is 6.70. The molecule has 0 aliphatic heterocycles. The van der Waals surface area contributed by atoms with Gasteiger partial charge in [0.1, 0.15) is 5.01 Å². The zero-order valence-electron chi connectivity index (χ0n) is 12.4. The Balaban J connectivity index is 1.74. The fourth-order valence-corrected chi connectivity index (χ4v) is 3.19. The maximum absolute atomic E-state index is 12.6. The quantitative estimate of drug-likeness (QED) is 0.754. The van der Waals surface area contributed by atoms with E-state index in [4.69, 9.17) is 0 Å². The van der Waals surface area contributed by atoms with Crippen molar-refractivity contribution in [3.8, 4) is 10.6 Å². The Bertz CT molecular complexity index is 801. The Labute approximate surface area is 140 Å². The van der Waals surface area contributed by atoms with E-state index in [2.05, 4.69) is 9.97 Å². The summed E-state index contributed by atoms with van der Waals surface area (Å²) in [5.74, 6) is 0. The van der Waals surface area contributed by atoms with Crippen molar-refractivity contribution < 1.29 is 18.3 Å². The number of rotatable bonds is 4. The highest BCUT2D eigenvalue weighted by Crippen LogP contribution is 2.32. The van der Waals surface area contributed by atoms with Crippen LogP contribution in [-0.4, -0.2) is 15.1 Å². The number of benzene rings is 1. The first kappa shape index (κ1) is 16.6. The average Bonchev–Trinajstić information content (AvgIpc) is 3.03. The van der Waals surface area contributed by atoms with Gasteiger partial charge < -0.3 is 5.11 Å². The van der Waals surface area contributed by atoms with Crippen LogP contribution in [0.1, 0.15) is 22.1 Å². The molecule has 0 spiro atoms. The predicted octanol–water partition coefficient (Wildman–Crippen LogP) is 4.50. The lowest BCUT2D eigenvalue weighted by molar-refractivity contribution is -0.137. The van der Waals surface area contributed by atoms with Gasteiger partial charge in [0.25, 0.3) is 0 Å². The van der Waals surface area contributed by atoms with Gasteiger partial charge in [-0.05, 0) is 29.8 Å². The van der Waals surface area contributed by atoms with E-state index in [0.29, 0.717) is 17.0 Å². The van der Waals surface area contributed by atoms with E-state index in [-0.39, 0.29) is 0 Å². The van der Waals surface area contributed by atoms with Crippen molar-refractivity contribution in [1.82, 2.24) is 9.97 Å².